The molecule has 0 aliphatic heterocycles. The van der Waals surface area contributed by atoms with Gasteiger partial charge in [0.25, 0.3) is 5.91 Å². The second-order valence-corrected chi connectivity index (χ2v) is 6.51. The van der Waals surface area contributed by atoms with Gasteiger partial charge in [0.1, 0.15) is 12.4 Å². The number of aryl methyl sites for hydroxylation is 1. The van der Waals surface area contributed by atoms with Crippen LogP contribution in [0.15, 0.2) is 48.5 Å². The third kappa shape index (κ3) is 6.24. The van der Waals surface area contributed by atoms with E-state index < -0.39 is 0 Å². The predicted molar refractivity (Wildman–Crippen MR) is 102 cm³/mol. The highest BCUT2D eigenvalue weighted by molar-refractivity contribution is 5.94. The Balaban J connectivity index is 1.83. The van der Waals surface area contributed by atoms with E-state index in [0.29, 0.717) is 31.0 Å². The van der Waals surface area contributed by atoms with Gasteiger partial charge in [0.05, 0.1) is 0 Å². The molecule has 0 spiro atoms. The number of amides is 2. The van der Waals surface area contributed by atoms with Gasteiger partial charge in [-0.15, -0.1) is 0 Å². The maximum absolute atomic E-state index is 12.2. The number of carbonyl (C=O) groups excluding carboxylic acids is 2. The van der Waals surface area contributed by atoms with Crippen LogP contribution in [0.4, 0.5) is 0 Å². The molecule has 0 bridgehead atoms. The van der Waals surface area contributed by atoms with Crippen LogP contribution >= 0.6 is 0 Å². The number of nitrogens with one attached hydrogen (secondary N) is 2. The van der Waals surface area contributed by atoms with Crippen molar-refractivity contribution in [3.05, 3.63) is 65.2 Å². The van der Waals surface area contributed by atoms with E-state index in [1.54, 1.807) is 18.2 Å². The van der Waals surface area contributed by atoms with Crippen LogP contribution in [0.3, 0.4) is 0 Å². The molecule has 0 unspecified atom stereocenters. The molecule has 2 aromatic carbocycles. The van der Waals surface area contributed by atoms with Gasteiger partial charge in [-0.1, -0.05) is 49.7 Å². The van der Waals surface area contributed by atoms with Crippen molar-refractivity contribution in [1.29, 1.82) is 0 Å². The summed E-state index contributed by atoms with van der Waals surface area (Å²) in [6.45, 7) is 6.94. The SMILES string of the molecule is Cc1cccc(COc2cccc(C(=O)NCCNC(=O)C(C)C)c2)c1. The highest BCUT2D eigenvalue weighted by Crippen LogP contribution is 2.15. The van der Waals surface area contributed by atoms with Gasteiger partial charge in [-0.25, -0.2) is 0 Å². The van der Waals surface area contributed by atoms with Crippen LogP contribution in [-0.2, 0) is 11.4 Å². The molecular weight excluding hydrogens is 328 g/mol. The molecule has 0 aromatic heterocycles. The Hall–Kier alpha value is -2.82. The second kappa shape index (κ2) is 9.61. The van der Waals surface area contributed by atoms with Crippen molar-refractivity contribution in [2.24, 2.45) is 5.92 Å². The first-order chi connectivity index (χ1) is 12.5. The van der Waals surface area contributed by atoms with Gasteiger partial charge in [0.15, 0.2) is 0 Å². The number of ether oxygens (including phenoxy) is 1. The number of hydrogen-bond acceptors (Lipinski definition) is 3. The molecule has 5 nitrogen and oxygen atoms in total. The highest BCUT2D eigenvalue weighted by atomic mass is 16.5. The molecule has 2 rings (SSSR count). The molecule has 0 aliphatic rings. The Bertz CT molecular complexity index is 756. The Morgan fingerprint density at radius 2 is 1.73 bits per heavy atom. The minimum Gasteiger partial charge on any atom is -0.489 e. The molecule has 2 N–H and O–H groups in total. The molecule has 26 heavy (non-hydrogen) atoms. The molecule has 138 valence electrons. The fourth-order valence-corrected chi connectivity index (χ4v) is 2.36. The molecule has 0 saturated heterocycles. The Kier molecular flexibility index (Phi) is 7.21. The van der Waals surface area contributed by atoms with E-state index in [-0.39, 0.29) is 17.7 Å². The van der Waals surface area contributed by atoms with Gasteiger partial charge in [0.2, 0.25) is 5.91 Å². The van der Waals surface area contributed by atoms with Crippen LogP contribution < -0.4 is 15.4 Å². The molecule has 0 radical (unpaired) electrons. The summed E-state index contributed by atoms with van der Waals surface area (Å²) in [6, 6.07) is 15.2. The molecule has 2 amide bonds. The standard InChI is InChI=1S/C21H26N2O3/c1-15(2)20(24)22-10-11-23-21(25)18-8-5-9-19(13-18)26-14-17-7-4-6-16(3)12-17/h4-9,12-13,15H,10-11,14H2,1-3H3,(H,22,24)(H,23,25). The average molecular weight is 354 g/mol. The predicted octanol–water partition coefficient (Wildman–Crippen LogP) is 3.08. The Morgan fingerprint density at radius 3 is 2.46 bits per heavy atom. The van der Waals surface area contributed by atoms with E-state index in [0.717, 1.165) is 5.56 Å². The summed E-state index contributed by atoms with van der Waals surface area (Å²) in [6.07, 6.45) is 0. The van der Waals surface area contributed by atoms with Crippen molar-refractivity contribution in [2.75, 3.05) is 13.1 Å². The van der Waals surface area contributed by atoms with Crippen molar-refractivity contribution in [3.8, 4) is 5.75 Å². The van der Waals surface area contributed by atoms with E-state index in [2.05, 4.69) is 16.7 Å². The highest BCUT2D eigenvalue weighted by Gasteiger charge is 2.08. The summed E-state index contributed by atoms with van der Waals surface area (Å²) in [5.41, 5.74) is 2.80. The molecule has 0 atom stereocenters. The van der Waals surface area contributed by atoms with Gasteiger partial charge in [-0.3, -0.25) is 9.59 Å². The molecule has 0 fully saturated rings. The maximum atomic E-state index is 12.2. The number of hydrogen-bond donors (Lipinski definition) is 2. The quantitative estimate of drug-likeness (QED) is 0.716. The first-order valence-corrected chi connectivity index (χ1v) is 8.80. The topological polar surface area (TPSA) is 67.4 Å². The van der Waals surface area contributed by atoms with Crippen molar-refractivity contribution in [2.45, 2.75) is 27.4 Å². The minimum atomic E-state index is -0.190. The lowest BCUT2D eigenvalue weighted by atomic mass is 10.1. The monoisotopic (exact) mass is 354 g/mol. The lowest BCUT2D eigenvalue weighted by Crippen LogP contribution is -2.36. The first-order valence-electron chi connectivity index (χ1n) is 8.80. The van der Waals surface area contributed by atoms with E-state index >= 15 is 0 Å². The van der Waals surface area contributed by atoms with Crippen molar-refractivity contribution in [1.82, 2.24) is 10.6 Å². The summed E-state index contributed by atoms with van der Waals surface area (Å²) in [5.74, 6) is 0.371. The molecule has 2 aromatic rings. The molecule has 0 aliphatic carbocycles. The van der Waals surface area contributed by atoms with Crippen molar-refractivity contribution in [3.63, 3.8) is 0 Å². The summed E-state index contributed by atoms with van der Waals surface area (Å²) in [5, 5.41) is 5.56. The van der Waals surface area contributed by atoms with Crippen LogP contribution in [0.25, 0.3) is 0 Å². The van der Waals surface area contributed by atoms with Crippen LogP contribution in [0, 0.1) is 12.8 Å². The van der Waals surface area contributed by atoms with E-state index in [9.17, 15) is 9.59 Å². The van der Waals surface area contributed by atoms with E-state index in [4.69, 9.17) is 4.74 Å². The van der Waals surface area contributed by atoms with Crippen LogP contribution in [-0.4, -0.2) is 24.9 Å². The summed E-state index contributed by atoms with van der Waals surface area (Å²) in [4.78, 5) is 23.7. The van der Waals surface area contributed by atoms with E-state index in [1.807, 2.05) is 45.0 Å². The van der Waals surface area contributed by atoms with Crippen molar-refractivity contribution < 1.29 is 14.3 Å². The Labute approximate surface area is 154 Å². The third-order valence-corrected chi connectivity index (χ3v) is 3.82. The van der Waals surface area contributed by atoms with Crippen LogP contribution in [0.2, 0.25) is 0 Å². The van der Waals surface area contributed by atoms with Crippen LogP contribution in [0.1, 0.15) is 35.3 Å². The summed E-state index contributed by atoms with van der Waals surface area (Å²) in [7, 11) is 0. The van der Waals surface area contributed by atoms with Gasteiger partial charge >= 0.3 is 0 Å². The molecule has 0 saturated carbocycles. The van der Waals surface area contributed by atoms with Gasteiger partial charge < -0.3 is 15.4 Å². The zero-order chi connectivity index (χ0) is 18.9. The summed E-state index contributed by atoms with van der Waals surface area (Å²) < 4.78 is 5.78. The second-order valence-electron chi connectivity index (χ2n) is 6.51. The number of rotatable bonds is 8. The molecule has 5 heteroatoms. The zero-order valence-corrected chi connectivity index (χ0v) is 15.5. The van der Waals surface area contributed by atoms with E-state index in [1.165, 1.54) is 5.56 Å². The first kappa shape index (κ1) is 19.5. The average Bonchev–Trinajstić information content (AvgIpc) is 2.63. The van der Waals surface area contributed by atoms with Crippen LogP contribution in [0.5, 0.6) is 5.75 Å². The molecular formula is C21H26N2O3. The summed E-state index contributed by atoms with van der Waals surface area (Å²) >= 11 is 0. The number of carbonyl (C=O) groups is 2. The van der Waals surface area contributed by atoms with Gasteiger partial charge in [-0.2, -0.15) is 0 Å². The normalized spacial score (nSPS) is 10.5. The van der Waals surface area contributed by atoms with Gasteiger partial charge in [-0.05, 0) is 30.7 Å². The fraction of sp³-hybridized carbons (Fsp3) is 0.333. The molecule has 0 heterocycles. The fourth-order valence-electron chi connectivity index (χ4n) is 2.36. The Morgan fingerprint density at radius 1 is 1.00 bits per heavy atom. The van der Waals surface area contributed by atoms with Gasteiger partial charge in [0, 0.05) is 24.6 Å². The maximum Gasteiger partial charge on any atom is 0.251 e. The third-order valence-electron chi connectivity index (χ3n) is 3.82. The lowest BCUT2D eigenvalue weighted by Gasteiger charge is -2.10. The lowest BCUT2D eigenvalue weighted by molar-refractivity contribution is -0.123. The minimum absolute atomic E-state index is 0.0224. The smallest absolute Gasteiger partial charge is 0.251 e. The number of benzene rings is 2. The zero-order valence-electron chi connectivity index (χ0n) is 15.5. The largest absolute Gasteiger partial charge is 0.489 e. The van der Waals surface area contributed by atoms with Crippen molar-refractivity contribution >= 4 is 11.8 Å².